The molecule has 1 spiro atoms. The number of nitrogens with zero attached hydrogens (tertiary/aromatic N) is 2. The summed E-state index contributed by atoms with van der Waals surface area (Å²) in [5.74, 6) is 0.758. The van der Waals surface area contributed by atoms with Crippen LogP contribution < -0.4 is 0 Å². The second-order valence-corrected chi connectivity index (χ2v) is 12.4. The third kappa shape index (κ3) is 4.19. The Morgan fingerprint density at radius 2 is 1.22 bits per heavy atom. The van der Waals surface area contributed by atoms with Crippen LogP contribution in [0.3, 0.4) is 0 Å². The van der Waals surface area contributed by atoms with Crippen LogP contribution in [-0.4, -0.2) is 9.97 Å². The van der Waals surface area contributed by atoms with Crippen LogP contribution in [0.1, 0.15) is 43.2 Å². The molecule has 0 N–H and O–H groups in total. The minimum atomic E-state index is 0.122. The van der Waals surface area contributed by atoms with E-state index in [9.17, 15) is 0 Å². The van der Waals surface area contributed by atoms with E-state index in [4.69, 9.17) is 9.97 Å². The van der Waals surface area contributed by atoms with Gasteiger partial charge in [-0.05, 0) is 65.4 Å². The molecule has 0 bridgehead atoms. The van der Waals surface area contributed by atoms with Crippen molar-refractivity contribution in [3.8, 4) is 33.8 Å². The lowest BCUT2D eigenvalue weighted by Gasteiger charge is -2.43. The fourth-order valence-corrected chi connectivity index (χ4v) is 8.20. The zero-order chi connectivity index (χ0) is 27.2. The van der Waals surface area contributed by atoms with Gasteiger partial charge < -0.3 is 0 Å². The maximum absolute atomic E-state index is 5.13. The van der Waals surface area contributed by atoms with Gasteiger partial charge in [0.25, 0.3) is 0 Å². The molecule has 0 amide bonds. The average molecular weight is 547 g/mol. The molecule has 5 aromatic carbocycles. The number of fused-ring (bicyclic) bond motifs is 5. The Morgan fingerprint density at radius 1 is 0.512 bits per heavy atom. The first-order chi connectivity index (χ1) is 20.3. The van der Waals surface area contributed by atoms with E-state index in [1.165, 1.54) is 64.1 Å². The van der Waals surface area contributed by atoms with Crippen molar-refractivity contribution in [3.63, 3.8) is 0 Å². The third-order valence-electron chi connectivity index (χ3n) is 8.93. The Bertz CT molecular complexity index is 1900. The van der Waals surface area contributed by atoms with E-state index in [0.717, 1.165) is 33.5 Å². The zero-order valence-electron chi connectivity index (χ0n) is 22.9. The van der Waals surface area contributed by atoms with Gasteiger partial charge in [0.1, 0.15) is 0 Å². The lowest BCUT2D eigenvalue weighted by molar-refractivity contribution is 0.335. The van der Waals surface area contributed by atoms with Crippen molar-refractivity contribution in [1.29, 1.82) is 0 Å². The highest BCUT2D eigenvalue weighted by atomic mass is 32.2. The van der Waals surface area contributed by atoms with E-state index >= 15 is 0 Å². The van der Waals surface area contributed by atoms with Gasteiger partial charge in [0.05, 0.1) is 11.2 Å². The summed E-state index contributed by atoms with van der Waals surface area (Å²) in [5, 5.41) is 1.07. The van der Waals surface area contributed by atoms with Gasteiger partial charge in [-0.2, -0.15) is 0 Å². The normalized spacial score (nSPS) is 15.4. The van der Waals surface area contributed by atoms with E-state index in [2.05, 4.69) is 103 Å². The van der Waals surface area contributed by atoms with Gasteiger partial charge >= 0.3 is 0 Å². The van der Waals surface area contributed by atoms with E-state index in [0.29, 0.717) is 0 Å². The lowest BCUT2D eigenvalue weighted by atomic mass is 9.64. The van der Waals surface area contributed by atoms with Crippen LogP contribution in [0, 0.1) is 0 Å². The van der Waals surface area contributed by atoms with Gasteiger partial charge in [0.15, 0.2) is 5.82 Å². The van der Waals surface area contributed by atoms with Crippen LogP contribution >= 0.6 is 11.8 Å². The van der Waals surface area contributed by atoms with Crippen molar-refractivity contribution in [3.05, 3.63) is 132 Å². The molecule has 8 rings (SSSR count). The minimum Gasteiger partial charge on any atom is -0.228 e. The topological polar surface area (TPSA) is 25.8 Å². The largest absolute Gasteiger partial charge is 0.228 e. The van der Waals surface area contributed by atoms with Crippen molar-refractivity contribution >= 4 is 22.7 Å². The summed E-state index contributed by atoms with van der Waals surface area (Å²) >= 11 is 1.94. The van der Waals surface area contributed by atoms with Gasteiger partial charge in [0, 0.05) is 31.7 Å². The van der Waals surface area contributed by atoms with Crippen molar-refractivity contribution < 1.29 is 0 Å². The molecule has 41 heavy (non-hydrogen) atoms. The summed E-state index contributed by atoms with van der Waals surface area (Å²) in [6.07, 6.45) is 6.39. The van der Waals surface area contributed by atoms with Crippen LogP contribution in [0.4, 0.5) is 0 Å². The van der Waals surface area contributed by atoms with E-state index < -0.39 is 0 Å². The van der Waals surface area contributed by atoms with Crippen LogP contribution in [0.5, 0.6) is 0 Å². The molecule has 1 saturated carbocycles. The molecule has 198 valence electrons. The molecule has 1 aromatic heterocycles. The van der Waals surface area contributed by atoms with Gasteiger partial charge in [-0.15, -0.1) is 0 Å². The van der Waals surface area contributed by atoms with Crippen molar-refractivity contribution in [2.24, 2.45) is 0 Å². The first-order valence-electron chi connectivity index (χ1n) is 14.6. The summed E-state index contributed by atoms with van der Waals surface area (Å²) in [5.41, 5.74) is 9.75. The summed E-state index contributed by atoms with van der Waals surface area (Å²) in [7, 11) is 0. The minimum absolute atomic E-state index is 0.122. The van der Waals surface area contributed by atoms with Gasteiger partial charge in [-0.25, -0.2) is 9.97 Å². The Balaban J connectivity index is 1.26. The van der Waals surface area contributed by atoms with Crippen LogP contribution in [-0.2, 0) is 5.41 Å². The van der Waals surface area contributed by atoms with E-state index in [1.807, 2.05) is 30.0 Å². The maximum atomic E-state index is 5.13. The smallest absolute Gasteiger partial charge is 0.160 e. The number of rotatable bonds is 3. The fraction of sp³-hybridized carbons (Fsp3) is 0.158. The highest BCUT2D eigenvalue weighted by Gasteiger charge is 2.41. The second kappa shape index (κ2) is 10.0. The summed E-state index contributed by atoms with van der Waals surface area (Å²) in [6.45, 7) is 0. The Labute approximate surface area is 245 Å². The molecule has 3 heteroatoms. The summed E-state index contributed by atoms with van der Waals surface area (Å²) in [6, 6.07) is 43.8. The van der Waals surface area contributed by atoms with Crippen LogP contribution in [0.25, 0.3) is 44.7 Å². The van der Waals surface area contributed by atoms with Gasteiger partial charge in [0.2, 0.25) is 0 Å². The molecule has 2 aliphatic rings. The third-order valence-corrected chi connectivity index (χ3v) is 10.1. The standard InChI is InChI=1S/C38H30N2S/c1-3-12-26(13-4-1)37-39-33-18-7-5-16-30(33)36(40-37)29-15-11-14-27(24-29)28-20-21-35-32(25-28)38(22-9-2-10-23-38)31-17-6-8-19-34(31)41-35/h1,3-8,11-21,24-25H,2,9-10,22-23H2. The molecule has 2 nitrogen and oxygen atoms in total. The molecule has 6 aromatic rings. The predicted octanol–water partition coefficient (Wildman–Crippen LogP) is 10.3. The Kier molecular flexibility index (Phi) is 6.00. The first-order valence-corrected chi connectivity index (χ1v) is 15.5. The highest BCUT2D eigenvalue weighted by molar-refractivity contribution is 7.99. The molecule has 0 atom stereocenters. The van der Waals surface area contributed by atoms with Gasteiger partial charge in [-0.1, -0.05) is 122 Å². The van der Waals surface area contributed by atoms with Crippen LogP contribution in [0.15, 0.2) is 131 Å². The Hall–Kier alpha value is -4.21. The monoisotopic (exact) mass is 546 g/mol. The zero-order valence-corrected chi connectivity index (χ0v) is 23.7. The number of hydrogen-bond acceptors (Lipinski definition) is 3. The average Bonchev–Trinajstić information content (AvgIpc) is 3.05. The predicted molar refractivity (Wildman–Crippen MR) is 170 cm³/mol. The molecular formula is C38H30N2S. The molecule has 1 aliphatic heterocycles. The molecule has 1 aliphatic carbocycles. The first kappa shape index (κ1) is 24.6. The number of para-hydroxylation sites is 1. The number of aromatic nitrogens is 2. The molecule has 1 fully saturated rings. The Morgan fingerprint density at radius 3 is 2.12 bits per heavy atom. The molecule has 0 unspecified atom stereocenters. The molecule has 0 radical (unpaired) electrons. The fourth-order valence-electron chi connectivity index (χ4n) is 6.94. The molecule has 0 saturated heterocycles. The quantitative estimate of drug-likeness (QED) is 0.221. The van der Waals surface area contributed by atoms with Crippen molar-refractivity contribution in [2.75, 3.05) is 0 Å². The number of benzene rings is 5. The molecule has 2 heterocycles. The van der Waals surface area contributed by atoms with Crippen LogP contribution in [0.2, 0.25) is 0 Å². The van der Waals surface area contributed by atoms with E-state index in [1.54, 1.807) is 0 Å². The van der Waals surface area contributed by atoms with E-state index in [-0.39, 0.29) is 5.41 Å². The summed E-state index contributed by atoms with van der Waals surface area (Å²) in [4.78, 5) is 12.9. The number of hydrogen-bond donors (Lipinski definition) is 0. The maximum Gasteiger partial charge on any atom is 0.160 e. The lowest BCUT2D eigenvalue weighted by Crippen LogP contribution is -2.33. The molecular weight excluding hydrogens is 516 g/mol. The highest BCUT2D eigenvalue weighted by Crippen LogP contribution is 2.55. The van der Waals surface area contributed by atoms with Crippen molar-refractivity contribution in [1.82, 2.24) is 9.97 Å². The summed E-state index contributed by atoms with van der Waals surface area (Å²) < 4.78 is 0. The second-order valence-electron chi connectivity index (χ2n) is 11.3. The van der Waals surface area contributed by atoms with Gasteiger partial charge in [-0.3, -0.25) is 0 Å². The SMILES string of the molecule is c1ccc(-c2nc(-c3cccc(-c4ccc5c(c4)C4(CCCCC4)c4ccccc4S5)c3)c3ccccc3n2)cc1. The van der Waals surface area contributed by atoms with Crippen molar-refractivity contribution in [2.45, 2.75) is 47.3 Å².